The van der Waals surface area contributed by atoms with Gasteiger partial charge in [-0.05, 0) is 43.8 Å². The van der Waals surface area contributed by atoms with Gasteiger partial charge >= 0.3 is 0 Å². The van der Waals surface area contributed by atoms with Crippen molar-refractivity contribution in [3.8, 4) is 36.5 Å². The number of terminal acetylenes is 2. The van der Waals surface area contributed by atoms with Gasteiger partial charge in [0.15, 0.2) is 0 Å². The molecule has 2 N–H and O–H groups in total. The van der Waals surface area contributed by atoms with E-state index in [-0.39, 0.29) is 37.0 Å². The van der Waals surface area contributed by atoms with Crippen molar-refractivity contribution in [3.05, 3.63) is 0 Å². The fraction of sp³-hybridized carbons (Fsp3) is 0. The zero-order chi connectivity index (χ0) is 9.66. The van der Waals surface area contributed by atoms with Gasteiger partial charge in [0.25, 0.3) is 0 Å². The van der Waals surface area contributed by atoms with Gasteiger partial charge < -0.3 is 0 Å². The van der Waals surface area contributed by atoms with Gasteiger partial charge in [0.1, 0.15) is 0 Å². The molecule has 0 aliphatic carbocycles. The second-order valence-corrected chi connectivity index (χ2v) is 0.824. The molecule has 0 rings (SSSR count). The van der Waals surface area contributed by atoms with Crippen LogP contribution in [-0.2, 0) is 52.9 Å². The van der Waals surface area contributed by atoms with Crippen LogP contribution in [0.1, 0.15) is 4.28 Å². The summed E-state index contributed by atoms with van der Waals surface area (Å²) in [6.07, 6.45) is 9.39. The summed E-state index contributed by atoms with van der Waals surface area (Å²) in [5.41, 5.74) is 0. The smallest absolute Gasteiger partial charge is 0 e. The maximum absolute atomic E-state index is 7.16. The molecule has 0 bridgehead atoms. The van der Waals surface area contributed by atoms with E-state index in [2.05, 4.69) is 43.8 Å². The fourth-order valence-electron chi connectivity index (χ4n) is 0.0970. The van der Waals surface area contributed by atoms with Gasteiger partial charge in [-0.15, -0.1) is 12.8 Å². The summed E-state index contributed by atoms with van der Waals surface area (Å²) in [7, 11) is 0. The van der Waals surface area contributed by atoms with Crippen molar-refractivity contribution in [1.82, 2.24) is 0 Å². The Labute approximate surface area is 104 Å². The van der Waals surface area contributed by atoms with Crippen LogP contribution in [0.3, 0.4) is 0 Å². The van der Waals surface area contributed by atoms with E-state index >= 15 is 0 Å². The van der Waals surface area contributed by atoms with E-state index in [1.54, 1.807) is 0 Å². The number of hydrogen-bond donors (Lipinski definition) is 2. The zero-order valence-electron chi connectivity index (χ0n) is 6.26. The monoisotopic (exact) mass is 267 g/mol. The SMILES string of the molecule is C#CC#CC#C.OOOOOO.[HH].[HH].[HH].[Y]. The van der Waals surface area contributed by atoms with Gasteiger partial charge in [-0.25, -0.2) is 10.5 Å². The van der Waals surface area contributed by atoms with Crippen molar-refractivity contribution in [2.24, 2.45) is 0 Å². The number of rotatable bonds is 3. The molecule has 73 valence electrons. The van der Waals surface area contributed by atoms with E-state index in [4.69, 9.17) is 23.4 Å². The van der Waals surface area contributed by atoms with Crippen LogP contribution in [0.15, 0.2) is 0 Å². The Morgan fingerprint density at radius 2 is 1.23 bits per heavy atom. The molecule has 7 heteroatoms. The predicted molar refractivity (Wildman–Crippen MR) is 41.4 cm³/mol. The summed E-state index contributed by atoms with van der Waals surface area (Å²) in [5, 5.41) is 26.0. The Kier molecular flexibility index (Phi) is 31.8. The Balaban J connectivity index is -0.0000000250. The third-order valence-electron chi connectivity index (χ3n) is 0.295. The molecule has 0 aromatic heterocycles. The first-order valence-electron chi connectivity index (χ1n) is 2.19. The van der Waals surface area contributed by atoms with E-state index in [9.17, 15) is 0 Å². The van der Waals surface area contributed by atoms with E-state index in [0.29, 0.717) is 0 Å². The molecule has 0 atom stereocenters. The van der Waals surface area contributed by atoms with E-state index in [0.717, 1.165) is 0 Å². The summed E-state index contributed by atoms with van der Waals surface area (Å²) in [6.45, 7) is 0. The predicted octanol–water partition coefficient (Wildman–Crippen LogP) is 0.735. The molecule has 0 fully saturated rings. The molecule has 0 heterocycles. The molecule has 0 aliphatic rings. The Hall–Kier alpha value is -0.456. The van der Waals surface area contributed by atoms with Gasteiger partial charge in [0.2, 0.25) is 0 Å². The van der Waals surface area contributed by atoms with Crippen LogP contribution >= 0.6 is 0 Å². The second kappa shape index (κ2) is 22.6. The summed E-state index contributed by atoms with van der Waals surface area (Å²) < 4.78 is 0. The van der Waals surface area contributed by atoms with E-state index < -0.39 is 0 Å². The van der Waals surface area contributed by atoms with Crippen molar-refractivity contribution in [1.29, 1.82) is 0 Å². The van der Waals surface area contributed by atoms with Gasteiger partial charge in [-0.2, -0.15) is 0 Å². The van der Waals surface area contributed by atoms with E-state index in [1.165, 1.54) is 0 Å². The van der Waals surface area contributed by atoms with Gasteiger partial charge in [-0.3, -0.25) is 0 Å². The first kappa shape index (κ1) is 18.4. The van der Waals surface area contributed by atoms with Crippen LogP contribution in [0.4, 0.5) is 0 Å². The fourth-order valence-corrected chi connectivity index (χ4v) is 0.0970. The Morgan fingerprint density at radius 1 is 0.923 bits per heavy atom. The second-order valence-electron chi connectivity index (χ2n) is 0.824. The maximum atomic E-state index is 7.16. The van der Waals surface area contributed by atoms with Crippen molar-refractivity contribution in [2.45, 2.75) is 0 Å². The molecule has 0 aromatic carbocycles. The Morgan fingerprint density at radius 3 is 1.38 bits per heavy atom. The van der Waals surface area contributed by atoms with E-state index in [1.807, 2.05) is 0 Å². The molecule has 6 nitrogen and oxygen atoms in total. The summed E-state index contributed by atoms with van der Waals surface area (Å²) in [4.78, 5) is 0. The van der Waals surface area contributed by atoms with Crippen LogP contribution in [-0.4, -0.2) is 10.5 Å². The molecule has 0 aliphatic heterocycles. The largest absolute Gasteiger partial charge is 0.219 e. The molecule has 0 saturated heterocycles. The quantitative estimate of drug-likeness (QED) is 0.340. The van der Waals surface area contributed by atoms with Gasteiger partial charge in [0, 0.05) is 37.0 Å². The van der Waals surface area contributed by atoms with Crippen molar-refractivity contribution in [3.63, 3.8) is 0 Å². The maximum Gasteiger partial charge on any atom is 0 e. The molecule has 13 heavy (non-hydrogen) atoms. The standard InChI is InChI=1S/C6H2.H2O6.Y.3H2/c2*1-3-5-6-4-2;;;;/h2*1-2H;;3*1H. The summed E-state index contributed by atoms with van der Waals surface area (Å²) in [5.74, 6) is 8.61. The molecule has 0 amide bonds. The Bertz CT molecular complexity index is 205. The van der Waals surface area contributed by atoms with Gasteiger partial charge in [0.05, 0.1) is 0 Å². The van der Waals surface area contributed by atoms with Crippen LogP contribution in [0.25, 0.3) is 0 Å². The molecular weight excluding hydrogens is 257 g/mol. The van der Waals surface area contributed by atoms with Crippen molar-refractivity contribution in [2.75, 3.05) is 0 Å². The van der Waals surface area contributed by atoms with Crippen molar-refractivity contribution < 1.29 is 67.7 Å². The average molecular weight is 267 g/mol. The van der Waals surface area contributed by atoms with Crippen LogP contribution in [0.2, 0.25) is 0 Å². The minimum absolute atomic E-state index is 0. The normalized spacial score (nSPS) is 5.54. The van der Waals surface area contributed by atoms with Crippen molar-refractivity contribution >= 4 is 0 Å². The molecular formula is C6H10O6Y. The molecule has 1 radical (unpaired) electrons. The summed E-state index contributed by atoms with van der Waals surface area (Å²) in [6, 6.07) is 0. The van der Waals surface area contributed by atoms with Crippen LogP contribution in [0, 0.1) is 36.5 Å². The topological polar surface area (TPSA) is 77.4 Å². The first-order valence-corrected chi connectivity index (χ1v) is 2.19. The molecule has 0 saturated carbocycles. The average Bonchev–Trinajstić information content (AvgIpc) is 2.12. The minimum Gasteiger partial charge on any atom is -0.219 e. The third-order valence-corrected chi connectivity index (χ3v) is 0.295. The number of hydrogen-bond acceptors (Lipinski definition) is 6. The molecule has 0 spiro atoms. The molecule has 0 unspecified atom stereocenters. The zero-order valence-corrected chi connectivity index (χ0v) is 9.10. The third kappa shape index (κ3) is 34.2. The first-order chi connectivity index (χ1) is 5.83. The van der Waals surface area contributed by atoms with Crippen LogP contribution in [0.5, 0.6) is 0 Å². The van der Waals surface area contributed by atoms with Gasteiger partial charge in [-0.1, -0.05) is 0 Å². The summed E-state index contributed by atoms with van der Waals surface area (Å²) >= 11 is 0. The minimum atomic E-state index is 0. The molecule has 0 aromatic rings. The van der Waals surface area contributed by atoms with Crippen LogP contribution < -0.4 is 0 Å².